The zero-order chi connectivity index (χ0) is 24.8. The zero-order valence-corrected chi connectivity index (χ0v) is 19.9. The van der Waals surface area contributed by atoms with Gasteiger partial charge in [0.25, 0.3) is 11.8 Å². The summed E-state index contributed by atoms with van der Waals surface area (Å²) in [6, 6.07) is 11.7. The van der Waals surface area contributed by atoms with Crippen LogP contribution in [0.15, 0.2) is 48.5 Å². The normalized spacial score (nSPS) is 16.2. The molecule has 1 heterocycles. The number of ether oxygens (including phenoxy) is 2. The molecule has 0 spiro atoms. The van der Waals surface area contributed by atoms with Gasteiger partial charge < -0.3 is 9.47 Å². The van der Waals surface area contributed by atoms with E-state index in [0.29, 0.717) is 28.6 Å². The van der Waals surface area contributed by atoms with Crippen molar-refractivity contribution in [3.63, 3.8) is 0 Å². The van der Waals surface area contributed by atoms with Crippen molar-refractivity contribution in [3.8, 4) is 11.5 Å². The number of carbonyl (C=O) groups excluding carboxylic acids is 4. The second kappa shape index (κ2) is 11.0. The molecule has 0 aromatic heterocycles. The summed E-state index contributed by atoms with van der Waals surface area (Å²) < 4.78 is 10.5. The van der Waals surface area contributed by atoms with Gasteiger partial charge in [-0.3, -0.25) is 24.6 Å². The maximum Gasteiger partial charge on any atom is 0.276 e. The average molecular weight is 488 g/mol. The minimum atomic E-state index is -1.17. The van der Waals surface area contributed by atoms with E-state index in [0.717, 1.165) is 9.91 Å². The number of nitrogens with zero attached hydrogens (tertiary/aromatic N) is 2. The van der Waals surface area contributed by atoms with Crippen LogP contribution >= 0.6 is 11.6 Å². The first-order valence-electron chi connectivity index (χ1n) is 10.8. The van der Waals surface area contributed by atoms with Crippen molar-refractivity contribution in [1.82, 2.24) is 10.4 Å². The lowest BCUT2D eigenvalue weighted by molar-refractivity contribution is -0.150. The lowest BCUT2D eigenvalue weighted by Crippen LogP contribution is -2.57. The molecule has 0 saturated carbocycles. The Bertz CT molecular complexity index is 1060. The molecule has 2 unspecified atom stereocenters. The maximum absolute atomic E-state index is 13.2. The number of rotatable bonds is 8. The number of amides is 4. The zero-order valence-electron chi connectivity index (χ0n) is 19.1. The largest absolute Gasteiger partial charge is 0.497 e. The van der Waals surface area contributed by atoms with Crippen LogP contribution in [-0.2, 0) is 19.2 Å². The number of methoxy groups -OCH3 is 1. The van der Waals surface area contributed by atoms with Gasteiger partial charge in [-0.15, -0.1) is 0 Å². The van der Waals surface area contributed by atoms with Crippen molar-refractivity contribution in [2.24, 2.45) is 5.92 Å². The van der Waals surface area contributed by atoms with E-state index in [1.807, 2.05) is 6.92 Å². The maximum atomic E-state index is 13.2. The van der Waals surface area contributed by atoms with E-state index in [4.69, 9.17) is 21.1 Å². The Morgan fingerprint density at radius 3 is 2.32 bits per heavy atom. The number of carbonyl (C=O) groups is 4. The SMILES string of the molecule is CCC(C)C(=O)N(NC(=O)COc1ccc(Cl)cc1)C1CC(=O)N(c2ccc(OC)cc2)C1=O. The van der Waals surface area contributed by atoms with E-state index in [1.165, 1.54) is 7.11 Å². The summed E-state index contributed by atoms with van der Waals surface area (Å²) in [6.07, 6.45) is 0.231. The predicted molar refractivity (Wildman–Crippen MR) is 125 cm³/mol. The van der Waals surface area contributed by atoms with Crippen molar-refractivity contribution >= 4 is 40.9 Å². The van der Waals surface area contributed by atoms with Crippen molar-refractivity contribution < 1.29 is 28.7 Å². The summed E-state index contributed by atoms with van der Waals surface area (Å²) in [5.74, 6) is -1.69. The number of imide groups is 1. The molecule has 3 rings (SSSR count). The molecule has 1 aliphatic heterocycles. The Labute approximate surface area is 202 Å². The van der Waals surface area contributed by atoms with E-state index in [2.05, 4.69) is 5.43 Å². The van der Waals surface area contributed by atoms with Crippen LogP contribution in [0.4, 0.5) is 5.69 Å². The lowest BCUT2D eigenvalue weighted by Gasteiger charge is -2.29. The molecule has 1 aliphatic rings. The van der Waals surface area contributed by atoms with Gasteiger partial charge >= 0.3 is 0 Å². The van der Waals surface area contributed by atoms with Gasteiger partial charge in [0, 0.05) is 10.9 Å². The molecule has 0 aliphatic carbocycles. The second-order valence-corrected chi connectivity index (χ2v) is 8.22. The van der Waals surface area contributed by atoms with Crippen molar-refractivity contribution in [2.45, 2.75) is 32.7 Å². The Balaban J connectivity index is 1.77. The Morgan fingerprint density at radius 2 is 1.74 bits per heavy atom. The van der Waals surface area contributed by atoms with Gasteiger partial charge in [-0.2, -0.15) is 0 Å². The summed E-state index contributed by atoms with van der Waals surface area (Å²) in [6.45, 7) is 3.11. The number of hydrogen-bond acceptors (Lipinski definition) is 6. The number of hydrazine groups is 1. The fourth-order valence-corrected chi connectivity index (χ4v) is 3.49. The third kappa shape index (κ3) is 5.66. The van der Waals surface area contributed by atoms with Gasteiger partial charge in [0.1, 0.15) is 17.5 Å². The first-order chi connectivity index (χ1) is 16.2. The Hall–Kier alpha value is -3.59. The van der Waals surface area contributed by atoms with E-state index in [-0.39, 0.29) is 6.42 Å². The van der Waals surface area contributed by atoms with Gasteiger partial charge in [-0.25, -0.2) is 9.91 Å². The third-order valence-electron chi connectivity index (χ3n) is 5.47. The van der Waals surface area contributed by atoms with Crippen LogP contribution in [0.2, 0.25) is 5.02 Å². The average Bonchev–Trinajstić information content (AvgIpc) is 3.14. The van der Waals surface area contributed by atoms with Crippen LogP contribution in [0.5, 0.6) is 11.5 Å². The summed E-state index contributed by atoms with van der Waals surface area (Å²) in [4.78, 5) is 52.6. The van der Waals surface area contributed by atoms with E-state index in [1.54, 1.807) is 55.5 Å². The molecule has 0 radical (unpaired) electrons. The topological polar surface area (TPSA) is 105 Å². The first-order valence-corrected chi connectivity index (χ1v) is 11.1. The predicted octanol–water partition coefficient (Wildman–Crippen LogP) is 2.97. The fraction of sp³-hybridized carbons (Fsp3) is 0.333. The highest BCUT2D eigenvalue weighted by molar-refractivity contribution is 6.30. The van der Waals surface area contributed by atoms with Crippen LogP contribution in [0, 0.1) is 5.92 Å². The van der Waals surface area contributed by atoms with Crippen LogP contribution in [0.3, 0.4) is 0 Å². The van der Waals surface area contributed by atoms with E-state index in [9.17, 15) is 19.2 Å². The highest BCUT2D eigenvalue weighted by Gasteiger charge is 2.45. The molecule has 1 fully saturated rings. The molecule has 9 nitrogen and oxygen atoms in total. The quantitative estimate of drug-likeness (QED) is 0.453. The van der Waals surface area contributed by atoms with Crippen LogP contribution in [0.1, 0.15) is 26.7 Å². The summed E-state index contributed by atoms with van der Waals surface area (Å²) in [7, 11) is 1.51. The Morgan fingerprint density at radius 1 is 1.12 bits per heavy atom. The number of anilines is 1. The molecule has 0 bridgehead atoms. The van der Waals surface area contributed by atoms with Crippen LogP contribution in [-0.4, -0.2) is 48.4 Å². The number of halogens is 1. The van der Waals surface area contributed by atoms with Crippen molar-refractivity contribution in [2.75, 3.05) is 18.6 Å². The monoisotopic (exact) mass is 487 g/mol. The summed E-state index contributed by atoms with van der Waals surface area (Å²) in [5.41, 5.74) is 2.82. The summed E-state index contributed by atoms with van der Waals surface area (Å²) in [5, 5.41) is 1.49. The van der Waals surface area contributed by atoms with Gasteiger partial charge in [-0.1, -0.05) is 25.4 Å². The second-order valence-electron chi connectivity index (χ2n) is 7.78. The highest BCUT2D eigenvalue weighted by Crippen LogP contribution is 2.27. The Kier molecular flexibility index (Phi) is 8.12. The minimum Gasteiger partial charge on any atom is -0.497 e. The van der Waals surface area contributed by atoms with Gasteiger partial charge in [0.15, 0.2) is 6.61 Å². The molecular formula is C24H26ClN3O6. The molecule has 1 saturated heterocycles. The van der Waals surface area contributed by atoms with Crippen molar-refractivity contribution in [3.05, 3.63) is 53.6 Å². The number of benzene rings is 2. The highest BCUT2D eigenvalue weighted by atomic mass is 35.5. The smallest absolute Gasteiger partial charge is 0.276 e. The van der Waals surface area contributed by atoms with Crippen LogP contribution < -0.4 is 19.8 Å². The van der Waals surface area contributed by atoms with E-state index < -0.39 is 42.2 Å². The first kappa shape index (κ1) is 25.0. The molecule has 10 heteroatoms. The van der Waals surface area contributed by atoms with Crippen LogP contribution in [0.25, 0.3) is 0 Å². The third-order valence-corrected chi connectivity index (χ3v) is 5.72. The molecule has 180 valence electrons. The van der Waals surface area contributed by atoms with Crippen molar-refractivity contribution in [1.29, 1.82) is 0 Å². The molecule has 1 N–H and O–H groups in total. The molecule has 2 atom stereocenters. The van der Waals surface area contributed by atoms with Gasteiger partial charge in [0.2, 0.25) is 11.8 Å². The standard InChI is InChI=1S/C24H26ClN3O6/c1-4-15(2)23(31)28(26-21(29)14-34-19-9-5-16(25)6-10-19)20-13-22(30)27(24(20)32)17-7-11-18(33-3)12-8-17/h5-12,15,20H,4,13-14H2,1-3H3,(H,26,29). The molecule has 2 aromatic rings. The minimum absolute atomic E-state index is 0.259. The number of hydrogen-bond donors (Lipinski definition) is 1. The molecule has 4 amide bonds. The molecule has 2 aromatic carbocycles. The number of nitrogens with one attached hydrogen (secondary N) is 1. The van der Waals surface area contributed by atoms with Gasteiger partial charge in [-0.05, 0) is 55.0 Å². The fourth-order valence-electron chi connectivity index (χ4n) is 3.37. The van der Waals surface area contributed by atoms with E-state index >= 15 is 0 Å². The lowest BCUT2D eigenvalue weighted by atomic mass is 10.1. The molecule has 34 heavy (non-hydrogen) atoms. The summed E-state index contributed by atoms with van der Waals surface area (Å²) >= 11 is 5.84. The van der Waals surface area contributed by atoms with Gasteiger partial charge in [0.05, 0.1) is 19.2 Å². The molecular weight excluding hydrogens is 462 g/mol.